The molecule has 0 saturated carbocycles. The highest BCUT2D eigenvalue weighted by molar-refractivity contribution is 9.10. The third-order valence-corrected chi connectivity index (χ3v) is 4.81. The minimum Gasteiger partial charge on any atom is -0.362 e. The first-order chi connectivity index (χ1) is 10.1. The molecule has 0 spiro atoms. The van der Waals surface area contributed by atoms with Crippen LogP contribution in [0.4, 0.5) is 11.4 Å². The van der Waals surface area contributed by atoms with Crippen molar-refractivity contribution in [2.75, 3.05) is 10.2 Å². The average molecular weight is 344 g/mol. The number of nitrogens with zero attached hydrogens (tertiary/aromatic N) is 1. The van der Waals surface area contributed by atoms with E-state index in [1.54, 1.807) is 0 Å². The summed E-state index contributed by atoms with van der Waals surface area (Å²) in [7, 11) is 0. The summed E-state index contributed by atoms with van der Waals surface area (Å²) in [5.41, 5.74) is 11.3. The van der Waals surface area contributed by atoms with E-state index in [0.717, 1.165) is 34.5 Å². The van der Waals surface area contributed by atoms with Gasteiger partial charge in [-0.2, -0.15) is 0 Å². The summed E-state index contributed by atoms with van der Waals surface area (Å²) >= 11 is 3.62. The second-order valence-corrected chi connectivity index (χ2v) is 6.34. The fourth-order valence-corrected chi connectivity index (χ4v) is 3.65. The number of carbonyl (C=O) groups excluding carboxylic acids is 1. The summed E-state index contributed by atoms with van der Waals surface area (Å²) < 4.78 is 0.973. The molecular weight excluding hydrogens is 330 g/mol. The molecule has 1 atom stereocenters. The first-order valence-corrected chi connectivity index (χ1v) is 7.64. The maximum Gasteiger partial charge on any atom is 0.245 e. The molecule has 4 rings (SSSR count). The predicted octanol–water partition coefficient (Wildman–Crippen LogP) is 2.92. The van der Waals surface area contributed by atoms with Crippen LogP contribution in [0.25, 0.3) is 0 Å². The van der Waals surface area contributed by atoms with E-state index in [1.807, 2.05) is 12.1 Å². The number of amides is 1. The molecular formula is C16H14BrN3O. The summed E-state index contributed by atoms with van der Waals surface area (Å²) in [4.78, 5) is 14.0. The molecule has 0 bridgehead atoms. The van der Waals surface area contributed by atoms with Gasteiger partial charge < -0.3 is 16.0 Å². The first-order valence-electron chi connectivity index (χ1n) is 6.85. The van der Waals surface area contributed by atoms with Crippen LogP contribution in [-0.4, -0.2) is 5.91 Å². The van der Waals surface area contributed by atoms with Gasteiger partial charge in [-0.3, -0.25) is 4.79 Å². The summed E-state index contributed by atoms with van der Waals surface area (Å²) in [6.45, 7) is 1.76. The zero-order valence-corrected chi connectivity index (χ0v) is 12.9. The Hall–Kier alpha value is -1.85. The molecule has 0 radical (unpaired) electrons. The lowest BCUT2D eigenvalue weighted by atomic mass is 10.1. The lowest BCUT2D eigenvalue weighted by molar-refractivity contribution is -0.116. The van der Waals surface area contributed by atoms with Crippen molar-refractivity contribution < 1.29 is 4.79 Å². The smallest absolute Gasteiger partial charge is 0.245 e. The third kappa shape index (κ3) is 1.96. The number of nitrogens with two attached hydrogens (primary N) is 1. The van der Waals surface area contributed by atoms with Crippen molar-refractivity contribution in [3.63, 3.8) is 0 Å². The van der Waals surface area contributed by atoms with Crippen LogP contribution >= 0.6 is 15.9 Å². The fraction of sp³-hybridized carbons (Fsp3) is 0.188. The van der Waals surface area contributed by atoms with E-state index in [0.29, 0.717) is 0 Å². The maximum absolute atomic E-state index is 11.7. The number of rotatable bonds is 1. The Morgan fingerprint density at radius 2 is 1.86 bits per heavy atom. The van der Waals surface area contributed by atoms with Gasteiger partial charge >= 0.3 is 0 Å². The van der Waals surface area contributed by atoms with Crippen LogP contribution < -0.4 is 16.0 Å². The van der Waals surface area contributed by atoms with Crippen molar-refractivity contribution in [2.24, 2.45) is 5.73 Å². The minimum absolute atomic E-state index is 0.140. The molecule has 2 aliphatic heterocycles. The number of carbonyl (C=O) groups is 1. The van der Waals surface area contributed by atoms with Crippen LogP contribution in [0.3, 0.4) is 0 Å². The Bertz CT molecular complexity index is 734. The highest BCUT2D eigenvalue weighted by Crippen LogP contribution is 2.40. The van der Waals surface area contributed by atoms with Gasteiger partial charge in [-0.1, -0.05) is 24.3 Å². The summed E-state index contributed by atoms with van der Waals surface area (Å²) in [6, 6.07) is 11.9. The molecule has 1 amide bonds. The van der Waals surface area contributed by atoms with Crippen molar-refractivity contribution in [2.45, 2.75) is 19.1 Å². The highest BCUT2D eigenvalue weighted by Gasteiger charge is 2.30. The fourth-order valence-electron chi connectivity index (χ4n) is 3.04. The summed E-state index contributed by atoms with van der Waals surface area (Å²) in [5.74, 6) is -0.140. The number of hydrogen-bond donors (Lipinski definition) is 2. The number of halogens is 1. The second kappa shape index (κ2) is 4.58. The van der Waals surface area contributed by atoms with Crippen LogP contribution in [0, 0.1) is 0 Å². The zero-order chi connectivity index (χ0) is 14.6. The van der Waals surface area contributed by atoms with Crippen LogP contribution in [-0.2, 0) is 17.9 Å². The number of hydrogen-bond acceptors (Lipinski definition) is 3. The van der Waals surface area contributed by atoms with Gasteiger partial charge in [0.25, 0.3) is 0 Å². The molecule has 2 aliphatic rings. The molecule has 1 unspecified atom stereocenters. The molecule has 3 N–H and O–H groups in total. The van der Waals surface area contributed by atoms with Gasteiger partial charge in [-0.25, -0.2) is 0 Å². The third-order valence-electron chi connectivity index (χ3n) is 4.18. The number of nitrogens with one attached hydrogen (secondary N) is 1. The molecule has 2 aromatic rings. The monoisotopic (exact) mass is 343 g/mol. The molecule has 0 aromatic heterocycles. The van der Waals surface area contributed by atoms with E-state index in [-0.39, 0.29) is 5.91 Å². The van der Waals surface area contributed by atoms with Crippen molar-refractivity contribution in [1.29, 1.82) is 0 Å². The molecule has 106 valence electrons. The Labute approximate surface area is 131 Å². The highest BCUT2D eigenvalue weighted by atomic mass is 79.9. The molecule has 5 heteroatoms. The van der Waals surface area contributed by atoms with Crippen molar-refractivity contribution in [1.82, 2.24) is 0 Å². The van der Waals surface area contributed by atoms with Crippen molar-refractivity contribution in [3.05, 3.63) is 57.6 Å². The predicted molar refractivity (Wildman–Crippen MR) is 86.0 cm³/mol. The summed E-state index contributed by atoms with van der Waals surface area (Å²) in [5, 5.41) is 2.85. The van der Waals surface area contributed by atoms with Gasteiger partial charge in [0, 0.05) is 28.8 Å². The van der Waals surface area contributed by atoms with Crippen LogP contribution in [0.5, 0.6) is 0 Å². The maximum atomic E-state index is 11.7. The Kier molecular flexibility index (Phi) is 2.80. The lowest BCUT2D eigenvalue weighted by Gasteiger charge is -2.20. The normalized spacial score (nSPS) is 19.4. The molecule has 4 nitrogen and oxygen atoms in total. The van der Waals surface area contributed by atoms with Gasteiger partial charge in [0.15, 0.2) is 0 Å². The molecule has 0 saturated heterocycles. The topological polar surface area (TPSA) is 58.4 Å². The van der Waals surface area contributed by atoms with Gasteiger partial charge in [0.2, 0.25) is 5.91 Å². The van der Waals surface area contributed by atoms with E-state index >= 15 is 0 Å². The quantitative estimate of drug-likeness (QED) is 0.836. The van der Waals surface area contributed by atoms with Crippen LogP contribution in [0.1, 0.15) is 22.7 Å². The van der Waals surface area contributed by atoms with Crippen molar-refractivity contribution >= 4 is 33.2 Å². The molecule has 2 heterocycles. The molecule has 0 aliphatic carbocycles. The second-order valence-electron chi connectivity index (χ2n) is 5.48. The summed E-state index contributed by atoms with van der Waals surface area (Å²) in [6.07, 6.45) is 0. The van der Waals surface area contributed by atoms with Gasteiger partial charge in [0.05, 0.1) is 5.69 Å². The number of anilines is 2. The SMILES string of the molecule is NC1C(=O)Nc2cc(N3Cc4ccccc4C3)c(Br)cc21. The van der Waals surface area contributed by atoms with Crippen LogP contribution in [0.2, 0.25) is 0 Å². The minimum atomic E-state index is -0.568. The molecule has 0 fully saturated rings. The number of benzene rings is 2. The van der Waals surface area contributed by atoms with E-state index < -0.39 is 6.04 Å². The molecule has 21 heavy (non-hydrogen) atoms. The zero-order valence-electron chi connectivity index (χ0n) is 11.3. The number of fused-ring (bicyclic) bond motifs is 2. The molecule has 2 aromatic carbocycles. The van der Waals surface area contributed by atoms with Gasteiger partial charge in [-0.15, -0.1) is 0 Å². The standard InChI is InChI=1S/C16H14BrN3O/c17-12-5-11-13(19-16(21)15(11)18)6-14(12)20-7-9-3-1-2-4-10(9)8-20/h1-6,15H,7-8,18H2,(H,19,21). The Balaban J connectivity index is 1.72. The Morgan fingerprint density at radius 3 is 2.52 bits per heavy atom. The van der Waals surface area contributed by atoms with E-state index in [1.165, 1.54) is 11.1 Å². The Morgan fingerprint density at radius 1 is 1.19 bits per heavy atom. The van der Waals surface area contributed by atoms with Crippen LogP contribution in [0.15, 0.2) is 40.9 Å². The van der Waals surface area contributed by atoms with Crippen molar-refractivity contribution in [3.8, 4) is 0 Å². The largest absolute Gasteiger partial charge is 0.362 e. The van der Waals surface area contributed by atoms with E-state index in [9.17, 15) is 4.79 Å². The average Bonchev–Trinajstić information content (AvgIpc) is 3.01. The first kappa shape index (κ1) is 12.9. The van der Waals surface area contributed by atoms with Gasteiger partial charge in [-0.05, 0) is 39.2 Å². The van der Waals surface area contributed by atoms with E-state index in [4.69, 9.17) is 5.73 Å². The van der Waals surface area contributed by atoms with E-state index in [2.05, 4.69) is 50.4 Å². The lowest BCUT2D eigenvalue weighted by Crippen LogP contribution is -2.19. The van der Waals surface area contributed by atoms with Gasteiger partial charge in [0.1, 0.15) is 6.04 Å².